The van der Waals surface area contributed by atoms with Crippen molar-refractivity contribution in [1.82, 2.24) is 14.1 Å². The van der Waals surface area contributed by atoms with Crippen molar-refractivity contribution >= 4 is 11.7 Å². The predicted octanol–water partition coefficient (Wildman–Crippen LogP) is 1.84. The van der Waals surface area contributed by atoms with Gasteiger partial charge in [0.1, 0.15) is 18.9 Å². The minimum absolute atomic E-state index is 0.261. The standard InChI is InChI=1S/C13H23N3O2S/c1-13(2)5-3-10(4-6-13)14-7-11(17)9-18-12-8-15-19-16-12/h8,10-11,14,17H,3-7,9H2,1-2H3. The molecule has 0 saturated heterocycles. The summed E-state index contributed by atoms with van der Waals surface area (Å²) in [6.07, 6.45) is 5.95. The minimum atomic E-state index is -0.503. The highest BCUT2D eigenvalue weighted by molar-refractivity contribution is 6.99. The van der Waals surface area contributed by atoms with Crippen molar-refractivity contribution in [1.29, 1.82) is 0 Å². The van der Waals surface area contributed by atoms with E-state index >= 15 is 0 Å². The highest BCUT2D eigenvalue weighted by atomic mass is 32.1. The highest BCUT2D eigenvalue weighted by Gasteiger charge is 2.26. The van der Waals surface area contributed by atoms with Crippen LogP contribution in [0.3, 0.4) is 0 Å². The number of aliphatic hydroxyl groups is 1. The molecule has 1 atom stereocenters. The summed E-state index contributed by atoms with van der Waals surface area (Å²) in [5, 5.41) is 13.3. The molecule has 0 radical (unpaired) electrons. The summed E-state index contributed by atoms with van der Waals surface area (Å²) in [6, 6.07) is 0.531. The molecule has 0 spiro atoms. The molecule has 1 aromatic rings. The minimum Gasteiger partial charge on any atom is -0.473 e. The molecule has 1 saturated carbocycles. The van der Waals surface area contributed by atoms with E-state index in [1.165, 1.54) is 25.7 Å². The van der Waals surface area contributed by atoms with Crippen LogP contribution >= 0.6 is 11.7 Å². The number of aliphatic hydroxyl groups excluding tert-OH is 1. The van der Waals surface area contributed by atoms with Crippen LogP contribution in [-0.2, 0) is 0 Å². The topological polar surface area (TPSA) is 67.3 Å². The Morgan fingerprint density at radius 1 is 1.53 bits per heavy atom. The molecule has 1 heterocycles. The summed E-state index contributed by atoms with van der Waals surface area (Å²) in [5.74, 6) is 0.489. The third-order valence-electron chi connectivity index (χ3n) is 3.75. The van der Waals surface area contributed by atoms with Crippen LogP contribution in [0.4, 0.5) is 0 Å². The van der Waals surface area contributed by atoms with Gasteiger partial charge in [0, 0.05) is 12.6 Å². The second-order valence-corrected chi connectivity index (χ2v) is 6.61. The van der Waals surface area contributed by atoms with E-state index in [0.29, 0.717) is 23.9 Å². The monoisotopic (exact) mass is 285 g/mol. The molecule has 1 unspecified atom stereocenters. The van der Waals surface area contributed by atoms with E-state index in [0.717, 1.165) is 11.7 Å². The number of rotatable bonds is 6. The van der Waals surface area contributed by atoms with Gasteiger partial charge in [-0.25, -0.2) is 0 Å². The van der Waals surface area contributed by atoms with Crippen LogP contribution in [0.1, 0.15) is 39.5 Å². The lowest BCUT2D eigenvalue weighted by molar-refractivity contribution is 0.0964. The maximum atomic E-state index is 9.85. The first-order valence-electron chi connectivity index (χ1n) is 6.87. The van der Waals surface area contributed by atoms with Gasteiger partial charge in [-0.1, -0.05) is 13.8 Å². The molecule has 6 heteroatoms. The first-order valence-corrected chi connectivity index (χ1v) is 7.60. The van der Waals surface area contributed by atoms with Crippen LogP contribution in [0.5, 0.6) is 5.88 Å². The molecule has 1 fully saturated rings. The van der Waals surface area contributed by atoms with Gasteiger partial charge in [0.2, 0.25) is 5.88 Å². The molecule has 1 aliphatic rings. The molecule has 2 N–H and O–H groups in total. The molecule has 5 nitrogen and oxygen atoms in total. The van der Waals surface area contributed by atoms with Crippen LogP contribution in [-0.4, -0.2) is 39.2 Å². The van der Waals surface area contributed by atoms with E-state index in [1.807, 2.05) is 0 Å². The van der Waals surface area contributed by atoms with Crippen molar-refractivity contribution in [2.24, 2.45) is 5.41 Å². The molecular formula is C13H23N3O2S. The van der Waals surface area contributed by atoms with Crippen LogP contribution < -0.4 is 10.1 Å². The van der Waals surface area contributed by atoms with Gasteiger partial charge in [0.05, 0.1) is 11.7 Å². The van der Waals surface area contributed by atoms with Gasteiger partial charge in [-0.2, -0.15) is 4.37 Å². The Morgan fingerprint density at radius 2 is 2.26 bits per heavy atom. The maximum absolute atomic E-state index is 9.85. The van der Waals surface area contributed by atoms with Gasteiger partial charge < -0.3 is 15.2 Å². The molecule has 1 aliphatic carbocycles. The van der Waals surface area contributed by atoms with Crippen LogP contribution in [0, 0.1) is 5.41 Å². The lowest BCUT2D eigenvalue weighted by Gasteiger charge is -2.35. The van der Waals surface area contributed by atoms with Crippen LogP contribution in [0.25, 0.3) is 0 Å². The van der Waals surface area contributed by atoms with Crippen molar-refractivity contribution in [3.8, 4) is 5.88 Å². The fourth-order valence-electron chi connectivity index (χ4n) is 2.37. The second kappa shape index (κ2) is 6.63. The summed E-state index contributed by atoms with van der Waals surface area (Å²) in [5.41, 5.74) is 0.484. The summed E-state index contributed by atoms with van der Waals surface area (Å²) >= 11 is 1.10. The molecule has 19 heavy (non-hydrogen) atoms. The smallest absolute Gasteiger partial charge is 0.245 e. The molecular weight excluding hydrogens is 262 g/mol. The van der Waals surface area contributed by atoms with E-state index in [-0.39, 0.29) is 6.61 Å². The van der Waals surface area contributed by atoms with E-state index in [4.69, 9.17) is 4.74 Å². The van der Waals surface area contributed by atoms with E-state index in [2.05, 4.69) is 27.9 Å². The first-order chi connectivity index (χ1) is 9.05. The quantitative estimate of drug-likeness (QED) is 0.835. The number of hydrogen-bond donors (Lipinski definition) is 2. The zero-order valence-corrected chi connectivity index (χ0v) is 12.4. The Labute approximate surface area is 118 Å². The average molecular weight is 285 g/mol. The maximum Gasteiger partial charge on any atom is 0.245 e. The number of ether oxygens (including phenoxy) is 1. The van der Waals surface area contributed by atoms with Crippen molar-refractivity contribution in [2.45, 2.75) is 51.7 Å². The summed E-state index contributed by atoms with van der Waals surface area (Å²) in [6.45, 7) is 5.49. The average Bonchev–Trinajstić information content (AvgIpc) is 2.88. The second-order valence-electron chi connectivity index (χ2n) is 6.06. The van der Waals surface area contributed by atoms with Crippen molar-refractivity contribution in [2.75, 3.05) is 13.2 Å². The van der Waals surface area contributed by atoms with Gasteiger partial charge in [-0.3, -0.25) is 0 Å². The molecule has 0 aromatic carbocycles. The molecule has 0 aliphatic heterocycles. The molecule has 0 amide bonds. The number of hydrogen-bond acceptors (Lipinski definition) is 6. The first kappa shape index (κ1) is 14.7. The van der Waals surface area contributed by atoms with Gasteiger partial charge in [-0.05, 0) is 31.1 Å². The van der Waals surface area contributed by atoms with Gasteiger partial charge in [0.25, 0.3) is 0 Å². The van der Waals surface area contributed by atoms with Gasteiger partial charge in [-0.15, -0.1) is 4.37 Å². The van der Waals surface area contributed by atoms with E-state index < -0.39 is 6.10 Å². The zero-order valence-electron chi connectivity index (χ0n) is 11.6. The van der Waals surface area contributed by atoms with Gasteiger partial charge >= 0.3 is 0 Å². The largest absolute Gasteiger partial charge is 0.473 e. The molecule has 0 bridgehead atoms. The lowest BCUT2D eigenvalue weighted by atomic mass is 9.75. The van der Waals surface area contributed by atoms with Crippen molar-refractivity contribution in [3.05, 3.63) is 6.20 Å². The van der Waals surface area contributed by atoms with Crippen LogP contribution in [0.15, 0.2) is 6.20 Å². The summed E-state index contributed by atoms with van der Waals surface area (Å²) in [7, 11) is 0. The Balaban J connectivity index is 1.60. The zero-order chi connectivity index (χ0) is 13.7. The van der Waals surface area contributed by atoms with Crippen molar-refractivity contribution in [3.63, 3.8) is 0 Å². The van der Waals surface area contributed by atoms with Gasteiger partial charge in [0.15, 0.2) is 0 Å². The Morgan fingerprint density at radius 3 is 2.89 bits per heavy atom. The Kier molecular flexibility index (Phi) is 5.13. The number of aromatic nitrogens is 2. The normalized spacial score (nSPS) is 21.2. The SMILES string of the molecule is CC1(C)CCC(NCC(O)COc2cnsn2)CC1. The molecule has 2 rings (SSSR count). The summed E-state index contributed by atoms with van der Waals surface area (Å²) in [4.78, 5) is 0. The van der Waals surface area contributed by atoms with E-state index in [9.17, 15) is 5.11 Å². The third kappa shape index (κ3) is 5.04. The Bertz CT molecular complexity index is 360. The number of nitrogens with one attached hydrogen (secondary N) is 1. The fraction of sp³-hybridized carbons (Fsp3) is 0.846. The highest BCUT2D eigenvalue weighted by Crippen LogP contribution is 2.34. The molecule has 108 valence electrons. The van der Waals surface area contributed by atoms with Crippen LogP contribution in [0.2, 0.25) is 0 Å². The van der Waals surface area contributed by atoms with E-state index in [1.54, 1.807) is 6.20 Å². The predicted molar refractivity (Wildman–Crippen MR) is 75.5 cm³/mol. The summed E-state index contributed by atoms with van der Waals surface area (Å²) < 4.78 is 13.1. The number of nitrogens with zero attached hydrogens (tertiary/aromatic N) is 2. The van der Waals surface area contributed by atoms with Crippen molar-refractivity contribution < 1.29 is 9.84 Å². The fourth-order valence-corrected chi connectivity index (χ4v) is 2.73. The lowest BCUT2D eigenvalue weighted by Crippen LogP contribution is -2.41. The third-order valence-corrected chi connectivity index (χ3v) is 4.21. The Hall–Kier alpha value is -0.720. The molecule has 1 aromatic heterocycles.